The Balaban J connectivity index is 1.27. The van der Waals surface area contributed by atoms with Crippen LogP contribution in [0, 0.1) is 0 Å². The molecule has 0 saturated heterocycles. The lowest BCUT2D eigenvalue weighted by atomic mass is 9.92. The van der Waals surface area contributed by atoms with E-state index in [-0.39, 0.29) is 0 Å². The Morgan fingerprint density at radius 3 is 1.50 bits per heavy atom. The Kier molecular flexibility index (Phi) is 8.55. The van der Waals surface area contributed by atoms with Gasteiger partial charge in [0.15, 0.2) is 0 Å². The average molecular weight is 715 g/mol. The maximum absolute atomic E-state index is 2.47. The van der Waals surface area contributed by atoms with E-state index in [1.807, 2.05) is 0 Å². The third-order valence-electron chi connectivity index (χ3n) is 10.8. The zero-order chi connectivity index (χ0) is 37.3. The van der Waals surface area contributed by atoms with Crippen molar-refractivity contribution < 1.29 is 0 Å². The van der Waals surface area contributed by atoms with Crippen molar-refractivity contribution in [1.82, 2.24) is 4.57 Å². The van der Waals surface area contributed by atoms with Crippen LogP contribution in [0.5, 0.6) is 0 Å². The monoisotopic (exact) mass is 714 g/mol. The van der Waals surface area contributed by atoms with E-state index in [2.05, 4.69) is 240 Å². The summed E-state index contributed by atoms with van der Waals surface area (Å²) >= 11 is 0. The molecule has 0 atom stereocenters. The molecular weight excluding hydrogens is 677 g/mol. The molecule has 0 unspecified atom stereocenters. The number of rotatable bonds is 8. The van der Waals surface area contributed by atoms with E-state index in [0.717, 1.165) is 33.8 Å². The second-order valence-electron chi connectivity index (χ2n) is 14.1. The summed E-state index contributed by atoms with van der Waals surface area (Å²) in [5, 5.41) is 2.40. The minimum absolute atomic E-state index is 1.09. The van der Waals surface area contributed by atoms with Crippen LogP contribution >= 0.6 is 0 Å². The van der Waals surface area contributed by atoms with Gasteiger partial charge >= 0.3 is 0 Å². The number of fused-ring (bicyclic) bond motifs is 3. The second-order valence-corrected chi connectivity index (χ2v) is 14.1. The van der Waals surface area contributed by atoms with Crippen LogP contribution in [0.25, 0.3) is 72.0 Å². The number of benzene rings is 9. The largest absolute Gasteiger partial charge is 0.309 e. The second kappa shape index (κ2) is 14.4. The normalized spacial score (nSPS) is 11.2. The molecule has 0 saturated carbocycles. The molecule has 2 nitrogen and oxygen atoms in total. The van der Waals surface area contributed by atoms with Gasteiger partial charge in [-0.2, -0.15) is 0 Å². The fourth-order valence-electron chi connectivity index (χ4n) is 8.41. The van der Waals surface area contributed by atoms with E-state index in [1.54, 1.807) is 0 Å². The highest BCUT2D eigenvalue weighted by molar-refractivity contribution is 6.17. The van der Waals surface area contributed by atoms with E-state index >= 15 is 0 Å². The molecule has 1 aromatic heterocycles. The molecule has 0 aliphatic heterocycles. The Bertz CT molecular complexity index is 2950. The van der Waals surface area contributed by atoms with Gasteiger partial charge in [0.05, 0.1) is 28.1 Å². The molecule has 0 N–H and O–H groups in total. The summed E-state index contributed by atoms with van der Waals surface area (Å²) in [4.78, 5) is 2.45. The van der Waals surface area contributed by atoms with Crippen molar-refractivity contribution in [3.8, 4) is 50.2 Å². The van der Waals surface area contributed by atoms with Gasteiger partial charge in [-0.3, -0.25) is 0 Å². The van der Waals surface area contributed by atoms with Crippen molar-refractivity contribution in [2.45, 2.75) is 0 Å². The Morgan fingerprint density at radius 2 is 0.786 bits per heavy atom. The van der Waals surface area contributed by atoms with E-state index in [9.17, 15) is 0 Å². The summed E-state index contributed by atoms with van der Waals surface area (Å²) in [7, 11) is 0. The van der Waals surface area contributed by atoms with Crippen LogP contribution in [0.15, 0.2) is 231 Å². The molecule has 9 aromatic carbocycles. The first-order chi connectivity index (χ1) is 27.8. The number of hydrogen-bond acceptors (Lipinski definition) is 1. The van der Waals surface area contributed by atoms with Crippen LogP contribution in [0.4, 0.5) is 17.1 Å². The van der Waals surface area contributed by atoms with Crippen molar-refractivity contribution in [2.24, 2.45) is 0 Å². The van der Waals surface area contributed by atoms with Crippen molar-refractivity contribution in [3.05, 3.63) is 231 Å². The van der Waals surface area contributed by atoms with Gasteiger partial charge < -0.3 is 9.47 Å². The van der Waals surface area contributed by atoms with E-state index in [0.29, 0.717) is 0 Å². The molecule has 0 fully saturated rings. The van der Waals surface area contributed by atoms with Crippen molar-refractivity contribution in [2.75, 3.05) is 4.90 Å². The lowest BCUT2D eigenvalue weighted by molar-refractivity contribution is 1.18. The Hall–Kier alpha value is -7.42. The van der Waals surface area contributed by atoms with Gasteiger partial charge in [0.1, 0.15) is 0 Å². The first-order valence-electron chi connectivity index (χ1n) is 19.2. The minimum Gasteiger partial charge on any atom is -0.309 e. The lowest BCUT2D eigenvalue weighted by Crippen LogP contribution is -2.11. The van der Waals surface area contributed by atoms with Gasteiger partial charge in [0.2, 0.25) is 0 Å². The number of aromatic nitrogens is 1. The maximum atomic E-state index is 2.47. The zero-order valence-electron chi connectivity index (χ0n) is 30.8. The van der Waals surface area contributed by atoms with Gasteiger partial charge in [0, 0.05) is 27.6 Å². The summed E-state index contributed by atoms with van der Waals surface area (Å²) in [6, 6.07) is 83.0. The molecule has 10 aromatic rings. The summed E-state index contributed by atoms with van der Waals surface area (Å²) in [5.74, 6) is 0. The predicted octanol–water partition coefficient (Wildman–Crippen LogP) is 14.9. The molecule has 0 aliphatic rings. The molecule has 0 spiro atoms. The third-order valence-corrected chi connectivity index (χ3v) is 10.8. The fourth-order valence-corrected chi connectivity index (χ4v) is 8.41. The molecule has 1 heterocycles. The smallest absolute Gasteiger partial charge is 0.0562 e. The maximum Gasteiger partial charge on any atom is 0.0562 e. The van der Waals surface area contributed by atoms with Crippen LogP contribution in [0.3, 0.4) is 0 Å². The highest BCUT2D eigenvalue weighted by Gasteiger charge is 2.25. The van der Waals surface area contributed by atoms with Gasteiger partial charge in [-0.25, -0.2) is 0 Å². The molecule has 0 radical (unpaired) electrons. The zero-order valence-corrected chi connectivity index (χ0v) is 30.8. The Morgan fingerprint density at radius 1 is 0.304 bits per heavy atom. The van der Waals surface area contributed by atoms with Gasteiger partial charge in [0.25, 0.3) is 0 Å². The number of nitrogens with zero attached hydrogens (tertiary/aromatic N) is 2. The SMILES string of the molecule is c1ccc(-c2ccccc2-c2ccccc2N(c2ccccc2)c2cccc3c2c2ccccc2n3-c2cccc(-c3ccccc3)c2-c2ccccc2)cc1. The van der Waals surface area contributed by atoms with Crippen LogP contribution in [-0.4, -0.2) is 4.57 Å². The highest BCUT2D eigenvalue weighted by atomic mass is 15.2. The molecule has 10 rings (SSSR count). The molecule has 0 amide bonds. The summed E-state index contributed by atoms with van der Waals surface area (Å²) in [6.07, 6.45) is 0. The van der Waals surface area contributed by atoms with Crippen LogP contribution < -0.4 is 4.90 Å². The van der Waals surface area contributed by atoms with Gasteiger partial charge in [-0.15, -0.1) is 0 Å². The van der Waals surface area contributed by atoms with Crippen molar-refractivity contribution in [3.63, 3.8) is 0 Å². The topological polar surface area (TPSA) is 8.17 Å². The fraction of sp³-hybridized carbons (Fsp3) is 0. The molecule has 2 heteroatoms. The van der Waals surface area contributed by atoms with Crippen LogP contribution in [0.2, 0.25) is 0 Å². The molecule has 264 valence electrons. The summed E-state index contributed by atoms with van der Waals surface area (Å²) < 4.78 is 2.47. The first kappa shape index (κ1) is 33.2. The van der Waals surface area contributed by atoms with Crippen molar-refractivity contribution in [1.29, 1.82) is 0 Å². The van der Waals surface area contributed by atoms with E-state index < -0.39 is 0 Å². The number of hydrogen-bond donors (Lipinski definition) is 0. The number of anilines is 3. The first-order valence-corrected chi connectivity index (χ1v) is 19.2. The molecular formula is C54H38N2. The van der Waals surface area contributed by atoms with Gasteiger partial charge in [-0.1, -0.05) is 188 Å². The average Bonchev–Trinajstić information content (AvgIpc) is 3.62. The van der Waals surface area contributed by atoms with Crippen LogP contribution in [0.1, 0.15) is 0 Å². The van der Waals surface area contributed by atoms with Crippen molar-refractivity contribution >= 4 is 38.9 Å². The Labute approximate surface area is 327 Å². The minimum atomic E-state index is 1.09. The predicted molar refractivity (Wildman–Crippen MR) is 237 cm³/mol. The lowest BCUT2D eigenvalue weighted by Gasteiger charge is -2.29. The van der Waals surface area contributed by atoms with Gasteiger partial charge in [-0.05, 0) is 75.8 Å². The molecule has 0 bridgehead atoms. The summed E-state index contributed by atoms with van der Waals surface area (Å²) in [5.41, 5.74) is 16.3. The van der Waals surface area contributed by atoms with E-state index in [4.69, 9.17) is 0 Å². The highest BCUT2D eigenvalue weighted by Crippen LogP contribution is 2.48. The molecule has 0 aliphatic carbocycles. The number of para-hydroxylation sites is 3. The molecule has 56 heavy (non-hydrogen) atoms. The summed E-state index contributed by atoms with van der Waals surface area (Å²) in [6.45, 7) is 0. The van der Waals surface area contributed by atoms with Crippen LogP contribution in [-0.2, 0) is 0 Å². The quantitative estimate of drug-likeness (QED) is 0.152. The third kappa shape index (κ3) is 5.76. The standard InChI is InChI=1S/C54H38N2/c1-5-21-39(22-6-1)43-29-13-14-30-45(43)46-31-15-17-34-48(46)55(42-27-11-4-12-28-42)51-37-20-38-52-54(51)47-32-16-18-35-49(47)56(52)50-36-19-33-44(40-23-7-2-8-24-40)53(50)41-25-9-3-10-26-41/h1-38H. The van der Waals surface area contributed by atoms with E-state index in [1.165, 1.54) is 55.3 Å².